The van der Waals surface area contributed by atoms with Gasteiger partial charge in [0, 0.05) is 38.0 Å². The monoisotopic (exact) mass is 473 g/mol. The number of nitrogens with one attached hydrogen (secondary N) is 2. The lowest BCUT2D eigenvalue weighted by Gasteiger charge is -2.15. The second-order valence-corrected chi connectivity index (χ2v) is 9.45. The number of carbonyl (C=O) groups excluding carboxylic acids is 1. The Kier molecular flexibility index (Phi) is 5.79. The number of rotatable bonds is 5. The molecule has 2 amide bonds. The molecule has 5 rings (SSSR count). The van der Waals surface area contributed by atoms with Crippen LogP contribution in [0.2, 0.25) is 0 Å². The van der Waals surface area contributed by atoms with Gasteiger partial charge in [-0.1, -0.05) is 29.5 Å². The molecule has 0 radical (unpaired) electrons. The van der Waals surface area contributed by atoms with Gasteiger partial charge in [-0.3, -0.25) is 5.32 Å². The zero-order chi connectivity index (χ0) is 23.8. The number of hydrogen-bond acceptors (Lipinski definition) is 6. The highest BCUT2D eigenvalue weighted by Gasteiger charge is 2.30. The van der Waals surface area contributed by atoms with Crippen molar-refractivity contribution in [2.45, 2.75) is 26.7 Å². The Morgan fingerprint density at radius 3 is 2.71 bits per heavy atom. The van der Waals surface area contributed by atoms with Crippen LogP contribution in [-0.4, -0.2) is 51.3 Å². The largest absolute Gasteiger partial charge is 0.370 e. The second-order valence-electron chi connectivity index (χ2n) is 8.46. The van der Waals surface area contributed by atoms with Crippen LogP contribution >= 0.6 is 11.3 Å². The number of fused-ring (bicyclic) bond motifs is 3. The number of thiazole rings is 1. The van der Waals surface area contributed by atoms with Gasteiger partial charge in [0.15, 0.2) is 5.13 Å². The fourth-order valence-corrected chi connectivity index (χ4v) is 5.21. The molecule has 1 aliphatic rings. The van der Waals surface area contributed by atoms with E-state index < -0.39 is 0 Å². The fraction of sp³-hybridized carbons (Fsp3) is 0.280. The lowest BCUT2D eigenvalue weighted by Crippen LogP contribution is -2.27. The van der Waals surface area contributed by atoms with Crippen molar-refractivity contribution in [2.24, 2.45) is 0 Å². The molecule has 1 aromatic carbocycles. The van der Waals surface area contributed by atoms with Gasteiger partial charge in [0.1, 0.15) is 5.82 Å². The highest BCUT2D eigenvalue weighted by Crippen LogP contribution is 2.44. The Bertz CT molecular complexity index is 1350. The van der Waals surface area contributed by atoms with Crippen molar-refractivity contribution in [2.75, 3.05) is 31.3 Å². The van der Waals surface area contributed by atoms with E-state index in [1.165, 1.54) is 21.8 Å². The maximum absolute atomic E-state index is 12.2. The average Bonchev–Trinajstić information content (AvgIpc) is 3.41. The van der Waals surface area contributed by atoms with Crippen LogP contribution in [0.3, 0.4) is 0 Å². The van der Waals surface area contributed by atoms with Gasteiger partial charge >= 0.3 is 6.03 Å². The normalized spacial score (nSPS) is 12.1. The van der Waals surface area contributed by atoms with Crippen LogP contribution < -0.4 is 10.6 Å². The summed E-state index contributed by atoms with van der Waals surface area (Å²) in [5.74, 6) is 0.851. The van der Waals surface area contributed by atoms with Crippen molar-refractivity contribution in [1.29, 1.82) is 0 Å². The molecule has 4 aromatic rings. The van der Waals surface area contributed by atoms with Crippen molar-refractivity contribution in [3.63, 3.8) is 0 Å². The van der Waals surface area contributed by atoms with Gasteiger partial charge in [-0.15, -0.1) is 0 Å². The Morgan fingerprint density at radius 2 is 2.00 bits per heavy atom. The molecular weight excluding hydrogens is 446 g/mol. The Morgan fingerprint density at radius 1 is 1.18 bits per heavy atom. The van der Waals surface area contributed by atoms with Crippen LogP contribution in [0.1, 0.15) is 23.7 Å². The molecule has 0 spiro atoms. The third kappa shape index (κ3) is 3.92. The van der Waals surface area contributed by atoms with Crippen LogP contribution in [0.25, 0.3) is 27.5 Å². The van der Waals surface area contributed by atoms with Gasteiger partial charge < -0.3 is 10.2 Å². The van der Waals surface area contributed by atoms with E-state index in [1.807, 2.05) is 29.1 Å². The summed E-state index contributed by atoms with van der Waals surface area (Å²) in [6.45, 7) is 4.97. The van der Waals surface area contributed by atoms with Gasteiger partial charge in [-0.05, 0) is 50.5 Å². The van der Waals surface area contributed by atoms with Gasteiger partial charge in [0.25, 0.3) is 0 Å². The number of para-hydroxylation sites is 1. The SMILES string of the molecule is CCNc1ccc(-c2nn(-c3ccccc3C)c3c2CCc2nc(NC(=O)N(C)C)sc2-3)cn1. The summed E-state index contributed by atoms with van der Waals surface area (Å²) in [5, 5.41) is 11.9. The van der Waals surface area contributed by atoms with Crippen LogP contribution in [0.15, 0.2) is 42.6 Å². The predicted molar refractivity (Wildman–Crippen MR) is 137 cm³/mol. The summed E-state index contributed by atoms with van der Waals surface area (Å²) in [4.78, 5) is 24.1. The van der Waals surface area contributed by atoms with Crippen molar-refractivity contribution < 1.29 is 4.79 Å². The van der Waals surface area contributed by atoms with Crippen molar-refractivity contribution in [3.8, 4) is 27.5 Å². The lowest BCUT2D eigenvalue weighted by atomic mass is 9.95. The highest BCUT2D eigenvalue weighted by molar-refractivity contribution is 7.19. The zero-order valence-electron chi connectivity index (χ0n) is 19.7. The first-order valence-corrected chi connectivity index (χ1v) is 12.1. The molecule has 3 heterocycles. The number of aromatic nitrogens is 4. The third-order valence-electron chi connectivity index (χ3n) is 5.87. The molecule has 0 aliphatic heterocycles. The summed E-state index contributed by atoms with van der Waals surface area (Å²) in [5.41, 5.74) is 7.31. The van der Waals surface area contributed by atoms with E-state index in [-0.39, 0.29) is 6.03 Å². The first-order valence-electron chi connectivity index (χ1n) is 11.3. The molecule has 0 saturated carbocycles. The summed E-state index contributed by atoms with van der Waals surface area (Å²) in [6, 6.07) is 12.1. The number of nitrogens with zero attached hydrogens (tertiary/aromatic N) is 5. The molecule has 0 saturated heterocycles. The van der Waals surface area contributed by atoms with E-state index in [0.29, 0.717) is 5.13 Å². The minimum atomic E-state index is -0.189. The van der Waals surface area contributed by atoms with E-state index in [1.54, 1.807) is 14.1 Å². The maximum atomic E-state index is 12.2. The van der Waals surface area contributed by atoms with E-state index >= 15 is 0 Å². The minimum absolute atomic E-state index is 0.189. The zero-order valence-corrected chi connectivity index (χ0v) is 20.5. The van der Waals surface area contributed by atoms with Crippen molar-refractivity contribution in [3.05, 3.63) is 59.4 Å². The number of carbonyl (C=O) groups is 1. The van der Waals surface area contributed by atoms with Crippen LogP contribution in [0.4, 0.5) is 15.7 Å². The summed E-state index contributed by atoms with van der Waals surface area (Å²) in [6.07, 6.45) is 3.50. The molecule has 34 heavy (non-hydrogen) atoms. The Balaban J connectivity index is 1.66. The topological polar surface area (TPSA) is 88.0 Å². The summed E-state index contributed by atoms with van der Waals surface area (Å²) >= 11 is 1.50. The Hall–Kier alpha value is -3.72. The molecular formula is C25H27N7OS. The number of urea groups is 1. The van der Waals surface area contributed by atoms with Crippen LogP contribution in [0, 0.1) is 6.92 Å². The van der Waals surface area contributed by atoms with E-state index in [9.17, 15) is 4.79 Å². The number of hydrogen-bond donors (Lipinski definition) is 2. The number of benzene rings is 1. The smallest absolute Gasteiger partial charge is 0.323 e. The van der Waals surface area contributed by atoms with Gasteiger partial charge in [-0.2, -0.15) is 5.10 Å². The van der Waals surface area contributed by atoms with Crippen LogP contribution in [0.5, 0.6) is 0 Å². The molecule has 0 bridgehead atoms. The highest BCUT2D eigenvalue weighted by atomic mass is 32.1. The quantitative estimate of drug-likeness (QED) is 0.426. The molecule has 9 heteroatoms. The van der Waals surface area contributed by atoms with Gasteiger partial charge in [0.05, 0.1) is 27.6 Å². The molecule has 0 unspecified atom stereocenters. The second kappa shape index (κ2) is 8.90. The lowest BCUT2D eigenvalue weighted by molar-refractivity contribution is 0.230. The standard InChI is InChI=1S/C25H27N7OS/c1-5-26-20-13-10-16(14-27-20)21-17-11-12-18-23(34-24(28-18)29-25(33)31(3)4)22(17)32(30-21)19-9-7-6-8-15(19)2/h6-10,13-14H,5,11-12H2,1-4H3,(H,26,27)(H,28,29,33). The first-order chi connectivity index (χ1) is 16.5. The third-order valence-corrected chi connectivity index (χ3v) is 6.89. The van der Waals surface area contributed by atoms with Crippen molar-refractivity contribution >= 4 is 28.3 Å². The van der Waals surface area contributed by atoms with Gasteiger partial charge in [0.2, 0.25) is 0 Å². The minimum Gasteiger partial charge on any atom is -0.370 e. The average molecular weight is 474 g/mol. The van der Waals surface area contributed by atoms with Crippen molar-refractivity contribution in [1.82, 2.24) is 24.6 Å². The number of amides is 2. The van der Waals surface area contributed by atoms with Crippen LogP contribution in [-0.2, 0) is 12.8 Å². The maximum Gasteiger partial charge on any atom is 0.323 e. The fourth-order valence-electron chi connectivity index (χ4n) is 4.15. The predicted octanol–water partition coefficient (Wildman–Crippen LogP) is 4.99. The Labute approximate surface area is 202 Å². The number of aryl methyl sites for hydroxylation is 2. The molecule has 2 N–H and O–H groups in total. The van der Waals surface area contributed by atoms with Gasteiger partial charge in [-0.25, -0.2) is 19.4 Å². The number of pyridine rings is 1. The van der Waals surface area contributed by atoms with E-state index in [4.69, 9.17) is 10.1 Å². The molecule has 0 atom stereocenters. The molecule has 3 aromatic heterocycles. The first kappa shape index (κ1) is 22.1. The number of anilines is 2. The summed E-state index contributed by atoms with van der Waals surface area (Å²) < 4.78 is 2.03. The molecule has 174 valence electrons. The van der Waals surface area contributed by atoms with E-state index in [2.05, 4.69) is 47.7 Å². The summed E-state index contributed by atoms with van der Waals surface area (Å²) in [7, 11) is 3.44. The molecule has 8 nitrogen and oxygen atoms in total. The molecule has 0 fully saturated rings. The molecule has 1 aliphatic carbocycles. The van der Waals surface area contributed by atoms with E-state index in [0.717, 1.165) is 64.0 Å².